The highest BCUT2D eigenvalue weighted by Crippen LogP contribution is 2.34. The molecule has 0 saturated heterocycles. The van der Waals surface area contributed by atoms with Crippen LogP contribution in [0.2, 0.25) is 0 Å². The first-order valence-corrected chi connectivity index (χ1v) is 9.09. The van der Waals surface area contributed by atoms with Crippen LogP contribution in [0.3, 0.4) is 0 Å². The molecule has 1 aliphatic carbocycles. The van der Waals surface area contributed by atoms with Crippen molar-refractivity contribution in [1.82, 2.24) is 0 Å². The van der Waals surface area contributed by atoms with Crippen LogP contribution in [-0.4, -0.2) is 25.6 Å². The highest BCUT2D eigenvalue weighted by molar-refractivity contribution is 6.33. The molecule has 0 aromatic heterocycles. The second-order valence-electron chi connectivity index (χ2n) is 6.73. The summed E-state index contributed by atoms with van der Waals surface area (Å²) in [6.07, 6.45) is 0. The van der Waals surface area contributed by atoms with Crippen LogP contribution in [0.4, 0.5) is 0 Å². The first-order chi connectivity index (χ1) is 13.8. The minimum atomic E-state index is 0.805. The lowest BCUT2D eigenvalue weighted by Gasteiger charge is -2.23. The summed E-state index contributed by atoms with van der Waals surface area (Å²) in [5.74, 6) is 0. The Kier molecular flexibility index (Phi) is 3.83. The summed E-state index contributed by atoms with van der Waals surface area (Å²) in [4.78, 5) is 10.5. The third-order valence-corrected chi connectivity index (χ3v) is 5.16. The molecule has 0 atom stereocenters. The summed E-state index contributed by atoms with van der Waals surface area (Å²) in [7, 11) is 3.15. The van der Waals surface area contributed by atoms with E-state index >= 15 is 0 Å². The van der Waals surface area contributed by atoms with Gasteiger partial charge in [-0.05, 0) is 45.8 Å². The highest BCUT2D eigenvalue weighted by atomic mass is 16.6. The average molecular weight is 366 g/mol. The van der Waals surface area contributed by atoms with E-state index in [0.29, 0.717) is 0 Å². The van der Waals surface area contributed by atoms with Crippen LogP contribution >= 0.6 is 0 Å². The minimum absolute atomic E-state index is 0.805. The number of nitrogens with zero attached hydrogens (tertiary/aromatic N) is 2. The molecule has 0 fully saturated rings. The molecule has 0 spiro atoms. The molecule has 0 bridgehead atoms. The molecule has 0 N–H and O–H groups in total. The van der Waals surface area contributed by atoms with Crippen molar-refractivity contribution in [3.05, 3.63) is 95.1 Å². The SMILES string of the molecule is CON=C1c2cc3ccccc3cc2C(=NOC)c2cc3ccccc3cc21. The lowest BCUT2D eigenvalue weighted by molar-refractivity contribution is 0.213. The van der Waals surface area contributed by atoms with Crippen LogP contribution in [0.1, 0.15) is 22.3 Å². The summed E-state index contributed by atoms with van der Waals surface area (Å²) >= 11 is 0. The van der Waals surface area contributed by atoms with Crippen LogP contribution in [0.15, 0.2) is 83.1 Å². The zero-order chi connectivity index (χ0) is 19.1. The van der Waals surface area contributed by atoms with Gasteiger partial charge in [0.2, 0.25) is 0 Å². The molecule has 4 aromatic rings. The van der Waals surface area contributed by atoms with Gasteiger partial charge in [-0.25, -0.2) is 0 Å². The Morgan fingerprint density at radius 2 is 0.786 bits per heavy atom. The van der Waals surface area contributed by atoms with E-state index in [9.17, 15) is 0 Å². The van der Waals surface area contributed by atoms with Crippen molar-refractivity contribution in [2.45, 2.75) is 0 Å². The number of benzene rings is 4. The second-order valence-corrected chi connectivity index (χ2v) is 6.73. The van der Waals surface area contributed by atoms with E-state index in [2.05, 4.69) is 58.8 Å². The lowest BCUT2D eigenvalue weighted by Crippen LogP contribution is -2.23. The summed E-state index contributed by atoms with van der Waals surface area (Å²) in [6, 6.07) is 25.1. The number of rotatable bonds is 2. The van der Waals surface area contributed by atoms with Gasteiger partial charge in [0.25, 0.3) is 0 Å². The topological polar surface area (TPSA) is 43.2 Å². The third kappa shape index (κ3) is 2.46. The van der Waals surface area contributed by atoms with Crippen LogP contribution in [0.25, 0.3) is 21.5 Å². The Bertz CT molecular complexity index is 1100. The predicted octanol–water partition coefficient (Wildman–Crippen LogP) is 5.10. The summed E-state index contributed by atoms with van der Waals surface area (Å²) in [5.41, 5.74) is 5.55. The number of fused-ring (bicyclic) bond motifs is 4. The molecule has 0 unspecified atom stereocenters. The summed E-state index contributed by atoms with van der Waals surface area (Å²) in [6.45, 7) is 0. The molecular weight excluding hydrogens is 348 g/mol. The fraction of sp³-hybridized carbons (Fsp3) is 0.0833. The van der Waals surface area contributed by atoms with E-state index in [1.54, 1.807) is 14.2 Å². The van der Waals surface area contributed by atoms with E-state index in [4.69, 9.17) is 9.68 Å². The standard InChI is InChI=1S/C24H18N2O2/c1-27-25-23-19-11-15-7-3-5-9-17(15)13-21(19)24(26-28-2)22-14-18-10-6-4-8-16(18)12-20(22)23/h3-14H,1-2H3. The van der Waals surface area contributed by atoms with Crippen molar-refractivity contribution in [2.24, 2.45) is 10.3 Å². The van der Waals surface area contributed by atoms with Gasteiger partial charge in [-0.2, -0.15) is 0 Å². The maximum atomic E-state index is 5.23. The van der Waals surface area contributed by atoms with Crippen molar-refractivity contribution in [3.8, 4) is 0 Å². The lowest BCUT2D eigenvalue weighted by atomic mass is 9.80. The second kappa shape index (κ2) is 6.50. The molecule has 0 radical (unpaired) electrons. The van der Waals surface area contributed by atoms with Gasteiger partial charge in [-0.1, -0.05) is 58.8 Å². The number of oxime groups is 2. The molecule has 0 amide bonds. The maximum Gasteiger partial charge on any atom is 0.118 e. The zero-order valence-corrected chi connectivity index (χ0v) is 15.6. The summed E-state index contributed by atoms with van der Waals surface area (Å²) in [5, 5.41) is 13.4. The zero-order valence-electron chi connectivity index (χ0n) is 15.6. The van der Waals surface area contributed by atoms with Crippen LogP contribution in [0.5, 0.6) is 0 Å². The molecule has 28 heavy (non-hydrogen) atoms. The van der Waals surface area contributed by atoms with Crippen molar-refractivity contribution in [1.29, 1.82) is 0 Å². The number of hydrogen-bond acceptors (Lipinski definition) is 4. The molecule has 136 valence electrons. The van der Waals surface area contributed by atoms with Gasteiger partial charge in [0.05, 0.1) is 0 Å². The van der Waals surface area contributed by atoms with Crippen molar-refractivity contribution >= 4 is 33.0 Å². The van der Waals surface area contributed by atoms with Gasteiger partial charge < -0.3 is 9.68 Å². The highest BCUT2D eigenvalue weighted by Gasteiger charge is 2.29. The van der Waals surface area contributed by atoms with Gasteiger partial charge in [0.1, 0.15) is 25.6 Å². The van der Waals surface area contributed by atoms with Crippen molar-refractivity contribution in [2.75, 3.05) is 14.2 Å². The molecule has 0 aliphatic heterocycles. The first-order valence-electron chi connectivity index (χ1n) is 9.09. The van der Waals surface area contributed by atoms with E-state index in [1.165, 1.54) is 0 Å². The van der Waals surface area contributed by atoms with Gasteiger partial charge in [-0.3, -0.25) is 0 Å². The molecule has 5 rings (SSSR count). The fourth-order valence-corrected chi connectivity index (χ4v) is 3.93. The minimum Gasteiger partial charge on any atom is -0.399 e. The van der Waals surface area contributed by atoms with Crippen LogP contribution in [0, 0.1) is 0 Å². The Labute approximate surface area is 162 Å². The van der Waals surface area contributed by atoms with Crippen molar-refractivity contribution in [3.63, 3.8) is 0 Å². The van der Waals surface area contributed by atoms with Gasteiger partial charge >= 0.3 is 0 Å². The molecule has 4 aromatic carbocycles. The smallest absolute Gasteiger partial charge is 0.118 e. The largest absolute Gasteiger partial charge is 0.399 e. The van der Waals surface area contributed by atoms with Crippen LogP contribution < -0.4 is 0 Å². The first kappa shape index (κ1) is 16.5. The predicted molar refractivity (Wildman–Crippen MR) is 113 cm³/mol. The maximum absolute atomic E-state index is 5.23. The van der Waals surface area contributed by atoms with Crippen molar-refractivity contribution < 1.29 is 9.68 Å². The Balaban J connectivity index is 1.90. The quantitative estimate of drug-likeness (QED) is 0.408. The fourth-order valence-electron chi connectivity index (χ4n) is 3.93. The van der Waals surface area contributed by atoms with Gasteiger partial charge in [-0.15, -0.1) is 0 Å². The third-order valence-electron chi connectivity index (χ3n) is 5.16. The Morgan fingerprint density at radius 1 is 0.500 bits per heavy atom. The van der Waals surface area contributed by atoms with Crippen LogP contribution in [-0.2, 0) is 9.68 Å². The van der Waals surface area contributed by atoms with E-state index in [1.807, 2.05) is 24.3 Å². The molecule has 4 heteroatoms. The summed E-state index contributed by atoms with van der Waals surface area (Å²) < 4.78 is 0. The van der Waals surface area contributed by atoms with Gasteiger partial charge in [0, 0.05) is 22.3 Å². The van der Waals surface area contributed by atoms with E-state index < -0.39 is 0 Å². The molecule has 4 nitrogen and oxygen atoms in total. The normalized spacial score (nSPS) is 12.5. The average Bonchev–Trinajstić information content (AvgIpc) is 2.74. The monoisotopic (exact) mass is 366 g/mol. The number of hydrogen-bond donors (Lipinski definition) is 0. The van der Waals surface area contributed by atoms with E-state index in [-0.39, 0.29) is 0 Å². The Morgan fingerprint density at radius 3 is 1.04 bits per heavy atom. The van der Waals surface area contributed by atoms with E-state index in [0.717, 1.165) is 55.2 Å². The molecule has 0 saturated carbocycles. The molecule has 1 aliphatic rings. The molecular formula is C24H18N2O2. The van der Waals surface area contributed by atoms with Gasteiger partial charge in [0.15, 0.2) is 0 Å². The molecule has 0 heterocycles. The Hall–Kier alpha value is -3.66.